The molecule has 0 radical (unpaired) electrons. The highest BCUT2D eigenvalue weighted by atomic mass is 16.3. The predicted octanol–water partition coefficient (Wildman–Crippen LogP) is 1.48. The molecule has 1 aliphatic carbocycles. The molecule has 2 aromatic rings. The van der Waals surface area contributed by atoms with Crippen LogP contribution in [-0.4, -0.2) is 21.6 Å². The Morgan fingerprint density at radius 1 is 1.23 bits per heavy atom. The van der Waals surface area contributed by atoms with E-state index in [9.17, 15) is 5.11 Å². The van der Waals surface area contributed by atoms with Gasteiger partial charge in [0.2, 0.25) is 0 Å². The third-order valence-electron chi connectivity index (χ3n) is 4.38. The van der Waals surface area contributed by atoms with Gasteiger partial charge in [-0.25, -0.2) is 9.97 Å². The summed E-state index contributed by atoms with van der Waals surface area (Å²) < 4.78 is 0. The van der Waals surface area contributed by atoms with Gasteiger partial charge in [0, 0.05) is 6.54 Å². The van der Waals surface area contributed by atoms with Crippen molar-refractivity contribution in [3.63, 3.8) is 0 Å². The first-order valence-electron chi connectivity index (χ1n) is 7.76. The maximum absolute atomic E-state index is 10.1. The van der Waals surface area contributed by atoms with Crippen LogP contribution in [0.2, 0.25) is 0 Å². The number of nitrogens with one attached hydrogen (secondary N) is 1. The maximum atomic E-state index is 10.1. The first-order valence-corrected chi connectivity index (χ1v) is 7.76. The van der Waals surface area contributed by atoms with E-state index < -0.39 is 0 Å². The number of benzene rings is 1. The molecule has 2 aliphatic rings. The summed E-state index contributed by atoms with van der Waals surface area (Å²) in [4.78, 5) is 13.2. The molecule has 0 amide bonds. The Morgan fingerprint density at radius 3 is 3.14 bits per heavy atom. The average molecular weight is 294 g/mol. The van der Waals surface area contributed by atoms with E-state index in [4.69, 9.17) is 0 Å². The molecule has 0 saturated carbocycles. The summed E-state index contributed by atoms with van der Waals surface area (Å²) in [6, 6.07) is 5.91. The fourth-order valence-electron chi connectivity index (χ4n) is 3.33. The van der Waals surface area contributed by atoms with E-state index in [1.54, 1.807) is 12.4 Å². The molecule has 2 heterocycles. The number of phenolic OH excluding ortho intramolecular Hbond substituents is 1. The van der Waals surface area contributed by atoms with Crippen molar-refractivity contribution < 1.29 is 5.11 Å². The van der Waals surface area contributed by atoms with Gasteiger partial charge in [-0.1, -0.05) is 18.2 Å². The number of hydrogen-bond donors (Lipinski definition) is 2. The standard InChI is InChI=1S/C17H18N4O/c22-15-8-2-4-11-12(15)5-1-6-13(11)21-17-16-14(19-10-20-17)7-3-9-18-16/h2,4,7-8,10,13,22H,1,3,5-6,9H2,(H,19,20,21). The van der Waals surface area contributed by atoms with E-state index in [-0.39, 0.29) is 6.04 Å². The van der Waals surface area contributed by atoms with Crippen LogP contribution in [0, 0.1) is 0 Å². The summed E-state index contributed by atoms with van der Waals surface area (Å²) in [7, 11) is 0. The Bertz CT molecular complexity index is 831. The van der Waals surface area contributed by atoms with Crippen LogP contribution in [0.25, 0.3) is 6.08 Å². The van der Waals surface area contributed by atoms with Crippen molar-refractivity contribution in [1.82, 2.24) is 9.97 Å². The molecule has 5 heteroatoms. The van der Waals surface area contributed by atoms with Gasteiger partial charge in [0.15, 0.2) is 5.82 Å². The van der Waals surface area contributed by atoms with Gasteiger partial charge >= 0.3 is 0 Å². The molecule has 112 valence electrons. The molecular weight excluding hydrogens is 276 g/mol. The smallest absolute Gasteiger partial charge is 0.156 e. The van der Waals surface area contributed by atoms with Crippen LogP contribution >= 0.6 is 0 Å². The van der Waals surface area contributed by atoms with Gasteiger partial charge in [-0.3, -0.25) is 4.99 Å². The van der Waals surface area contributed by atoms with Crippen LogP contribution in [0.3, 0.4) is 0 Å². The lowest BCUT2D eigenvalue weighted by Crippen LogP contribution is -2.35. The number of anilines is 1. The number of hydrogen-bond acceptors (Lipinski definition) is 5. The van der Waals surface area contributed by atoms with E-state index in [1.807, 2.05) is 6.07 Å². The summed E-state index contributed by atoms with van der Waals surface area (Å²) in [5.41, 5.74) is 2.22. The molecule has 0 fully saturated rings. The first kappa shape index (κ1) is 13.2. The minimum atomic E-state index is 0.159. The molecule has 5 nitrogen and oxygen atoms in total. The van der Waals surface area contributed by atoms with Crippen LogP contribution in [-0.2, 0) is 6.42 Å². The Labute approximate surface area is 128 Å². The van der Waals surface area contributed by atoms with E-state index >= 15 is 0 Å². The summed E-state index contributed by atoms with van der Waals surface area (Å²) in [5.74, 6) is 1.19. The van der Waals surface area contributed by atoms with Crippen LogP contribution in [0.1, 0.15) is 36.4 Å². The fraction of sp³-hybridized carbons (Fsp3) is 0.353. The van der Waals surface area contributed by atoms with Crippen molar-refractivity contribution in [3.05, 3.63) is 46.4 Å². The van der Waals surface area contributed by atoms with E-state index in [2.05, 4.69) is 32.4 Å². The number of fused-ring (bicyclic) bond motifs is 2. The molecule has 1 aromatic carbocycles. The molecule has 4 rings (SSSR count). The van der Waals surface area contributed by atoms with Crippen LogP contribution in [0.4, 0.5) is 5.82 Å². The van der Waals surface area contributed by atoms with E-state index in [1.165, 1.54) is 5.56 Å². The molecule has 22 heavy (non-hydrogen) atoms. The molecular formula is C17H18N4O. The second-order valence-corrected chi connectivity index (χ2v) is 5.76. The van der Waals surface area contributed by atoms with Crippen LogP contribution in [0.15, 0.2) is 29.5 Å². The largest absolute Gasteiger partial charge is 0.508 e. The minimum Gasteiger partial charge on any atom is -0.508 e. The third-order valence-corrected chi connectivity index (χ3v) is 4.38. The van der Waals surface area contributed by atoms with Crippen molar-refractivity contribution in [3.8, 4) is 5.75 Å². The SMILES string of the molecule is Oc1cccc2c1CCCC2Nc1ncnc2c1=NCCC=2. The number of aromatic hydroxyl groups is 1. The molecule has 0 saturated heterocycles. The molecule has 0 spiro atoms. The van der Waals surface area contributed by atoms with Crippen molar-refractivity contribution >= 4 is 11.9 Å². The lowest BCUT2D eigenvalue weighted by atomic mass is 9.87. The Balaban J connectivity index is 1.74. The Kier molecular flexibility index (Phi) is 3.25. The van der Waals surface area contributed by atoms with Crippen molar-refractivity contribution in [1.29, 1.82) is 0 Å². The average Bonchev–Trinajstić information content (AvgIpc) is 2.56. The zero-order valence-corrected chi connectivity index (χ0v) is 12.3. The maximum Gasteiger partial charge on any atom is 0.156 e. The number of aromatic nitrogens is 2. The highest BCUT2D eigenvalue weighted by molar-refractivity contribution is 5.47. The number of nitrogens with zero attached hydrogens (tertiary/aromatic N) is 3. The first-order chi connectivity index (χ1) is 10.8. The van der Waals surface area contributed by atoms with Gasteiger partial charge in [0.25, 0.3) is 0 Å². The molecule has 1 aromatic heterocycles. The predicted molar refractivity (Wildman–Crippen MR) is 84.2 cm³/mol. The zero-order chi connectivity index (χ0) is 14.9. The number of phenols is 1. The summed E-state index contributed by atoms with van der Waals surface area (Å²) in [6.45, 7) is 0.789. The fourth-order valence-corrected chi connectivity index (χ4v) is 3.33. The van der Waals surface area contributed by atoms with E-state index in [0.717, 1.165) is 54.3 Å². The van der Waals surface area contributed by atoms with Gasteiger partial charge in [-0.2, -0.15) is 0 Å². The van der Waals surface area contributed by atoms with Gasteiger partial charge in [-0.05, 0) is 42.9 Å². The van der Waals surface area contributed by atoms with Crippen molar-refractivity contribution in [2.24, 2.45) is 4.99 Å². The van der Waals surface area contributed by atoms with Gasteiger partial charge in [-0.15, -0.1) is 0 Å². The molecule has 2 N–H and O–H groups in total. The molecule has 1 unspecified atom stereocenters. The Hall–Kier alpha value is -2.43. The van der Waals surface area contributed by atoms with Gasteiger partial charge in [0.05, 0.1) is 11.4 Å². The monoisotopic (exact) mass is 294 g/mol. The minimum absolute atomic E-state index is 0.159. The third kappa shape index (κ3) is 2.22. The van der Waals surface area contributed by atoms with Crippen molar-refractivity contribution in [2.75, 3.05) is 11.9 Å². The van der Waals surface area contributed by atoms with Gasteiger partial charge in [0.1, 0.15) is 17.4 Å². The van der Waals surface area contributed by atoms with Crippen LogP contribution < -0.4 is 16.0 Å². The second kappa shape index (κ2) is 5.40. The zero-order valence-electron chi connectivity index (χ0n) is 12.3. The lowest BCUT2D eigenvalue weighted by molar-refractivity contribution is 0.457. The molecule has 1 aliphatic heterocycles. The highest BCUT2D eigenvalue weighted by Gasteiger charge is 2.23. The summed E-state index contributed by atoms with van der Waals surface area (Å²) >= 11 is 0. The summed E-state index contributed by atoms with van der Waals surface area (Å²) in [5, 5.41) is 15.3. The van der Waals surface area contributed by atoms with Crippen molar-refractivity contribution in [2.45, 2.75) is 31.7 Å². The van der Waals surface area contributed by atoms with Crippen LogP contribution in [0.5, 0.6) is 5.75 Å². The molecule has 1 atom stereocenters. The Morgan fingerprint density at radius 2 is 2.18 bits per heavy atom. The molecule has 0 bridgehead atoms. The lowest BCUT2D eigenvalue weighted by Gasteiger charge is -2.27. The highest BCUT2D eigenvalue weighted by Crippen LogP contribution is 2.35. The summed E-state index contributed by atoms with van der Waals surface area (Å²) in [6.07, 6.45) is 7.64. The number of rotatable bonds is 2. The normalized spacial score (nSPS) is 19.4. The van der Waals surface area contributed by atoms with Gasteiger partial charge < -0.3 is 10.4 Å². The van der Waals surface area contributed by atoms with E-state index in [0.29, 0.717) is 5.75 Å². The second-order valence-electron chi connectivity index (χ2n) is 5.76. The topological polar surface area (TPSA) is 70.4 Å². The quantitative estimate of drug-likeness (QED) is 0.880.